The molecule has 0 spiro atoms. The Morgan fingerprint density at radius 3 is 3.00 bits per heavy atom. The van der Waals surface area contributed by atoms with Gasteiger partial charge in [-0.15, -0.1) is 0 Å². The van der Waals surface area contributed by atoms with Crippen molar-refractivity contribution >= 4 is 5.97 Å². The molecule has 1 aromatic heterocycles. The number of carbonyl (C=O) groups is 1. The number of hydrogen-bond donors (Lipinski definition) is 2. The highest BCUT2D eigenvalue weighted by molar-refractivity contribution is 5.75. The van der Waals surface area contributed by atoms with Crippen LogP contribution in [-0.2, 0) is 4.79 Å². The van der Waals surface area contributed by atoms with E-state index in [-0.39, 0.29) is 5.92 Å². The maximum Gasteiger partial charge on any atom is 0.312 e. The summed E-state index contributed by atoms with van der Waals surface area (Å²) in [7, 11) is 0. The summed E-state index contributed by atoms with van der Waals surface area (Å²) in [5.41, 5.74) is 0.670. The van der Waals surface area contributed by atoms with Gasteiger partial charge in [-0.25, -0.2) is 0 Å². The standard InChI is InChI=1S/C12H16N2O2/c15-12(16)11(9-4-3-6-13-8-9)10-5-1-2-7-14-10/h1-2,5,7,9,11,13H,3-4,6,8H2,(H,15,16). The third-order valence-electron chi connectivity index (χ3n) is 3.08. The quantitative estimate of drug-likeness (QED) is 0.804. The second-order valence-corrected chi connectivity index (χ2v) is 4.18. The molecule has 2 rings (SSSR count). The largest absolute Gasteiger partial charge is 0.481 e. The fourth-order valence-corrected chi connectivity index (χ4v) is 2.29. The molecular formula is C12H16N2O2. The van der Waals surface area contributed by atoms with Crippen LogP contribution in [0.5, 0.6) is 0 Å². The van der Waals surface area contributed by atoms with Crippen LogP contribution in [-0.4, -0.2) is 29.1 Å². The van der Waals surface area contributed by atoms with Crippen molar-refractivity contribution in [1.82, 2.24) is 10.3 Å². The van der Waals surface area contributed by atoms with Gasteiger partial charge < -0.3 is 10.4 Å². The zero-order valence-corrected chi connectivity index (χ0v) is 9.10. The third kappa shape index (κ3) is 2.39. The Kier molecular flexibility index (Phi) is 3.51. The van der Waals surface area contributed by atoms with Gasteiger partial charge in [-0.1, -0.05) is 6.07 Å². The van der Waals surface area contributed by atoms with Crippen molar-refractivity contribution in [3.63, 3.8) is 0 Å². The van der Waals surface area contributed by atoms with Crippen molar-refractivity contribution in [2.24, 2.45) is 5.92 Å². The predicted molar refractivity (Wildman–Crippen MR) is 60.2 cm³/mol. The summed E-state index contributed by atoms with van der Waals surface area (Å²) < 4.78 is 0. The van der Waals surface area contributed by atoms with Crippen LogP contribution in [0, 0.1) is 5.92 Å². The molecule has 0 bridgehead atoms. The summed E-state index contributed by atoms with van der Waals surface area (Å²) >= 11 is 0. The minimum atomic E-state index is -0.771. The number of pyridine rings is 1. The highest BCUT2D eigenvalue weighted by Crippen LogP contribution is 2.28. The summed E-state index contributed by atoms with van der Waals surface area (Å²) in [5, 5.41) is 12.6. The van der Waals surface area contributed by atoms with E-state index in [0.717, 1.165) is 25.9 Å². The summed E-state index contributed by atoms with van der Waals surface area (Å²) in [6, 6.07) is 5.45. The summed E-state index contributed by atoms with van der Waals surface area (Å²) in [4.78, 5) is 15.5. The Balaban J connectivity index is 2.20. The highest BCUT2D eigenvalue weighted by atomic mass is 16.4. The molecule has 4 heteroatoms. The van der Waals surface area contributed by atoms with E-state index in [1.54, 1.807) is 12.3 Å². The van der Waals surface area contributed by atoms with Crippen molar-refractivity contribution in [3.05, 3.63) is 30.1 Å². The van der Waals surface area contributed by atoms with Crippen molar-refractivity contribution in [3.8, 4) is 0 Å². The molecule has 2 atom stereocenters. The average Bonchev–Trinajstić information content (AvgIpc) is 2.31. The SMILES string of the molecule is O=C(O)C(c1ccccn1)C1CCCNC1. The Labute approximate surface area is 94.7 Å². The molecule has 1 aromatic rings. The zero-order valence-electron chi connectivity index (χ0n) is 9.10. The first kappa shape index (κ1) is 11.1. The Hall–Kier alpha value is -1.42. The molecule has 0 aliphatic carbocycles. The lowest BCUT2D eigenvalue weighted by molar-refractivity contribution is -0.140. The molecule has 1 saturated heterocycles. The first-order valence-electron chi connectivity index (χ1n) is 5.63. The number of rotatable bonds is 3. The number of nitrogens with one attached hydrogen (secondary N) is 1. The van der Waals surface area contributed by atoms with Crippen molar-refractivity contribution in [2.75, 3.05) is 13.1 Å². The molecule has 0 radical (unpaired) electrons. The van der Waals surface area contributed by atoms with Gasteiger partial charge in [0, 0.05) is 6.20 Å². The second kappa shape index (κ2) is 5.07. The molecule has 1 aliphatic rings. The molecule has 4 nitrogen and oxygen atoms in total. The van der Waals surface area contributed by atoms with E-state index >= 15 is 0 Å². The lowest BCUT2D eigenvalue weighted by Gasteiger charge is -2.27. The van der Waals surface area contributed by atoms with Crippen molar-refractivity contribution in [2.45, 2.75) is 18.8 Å². The van der Waals surface area contributed by atoms with Gasteiger partial charge in [0.05, 0.1) is 5.69 Å². The summed E-state index contributed by atoms with van der Waals surface area (Å²) in [6.45, 7) is 1.76. The number of carboxylic acids is 1. The first-order chi connectivity index (χ1) is 7.79. The minimum Gasteiger partial charge on any atom is -0.481 e. The molecule has 2 N–H and O–H groups in total. The van der Waals surface area contributed by atoms with Crippen LogP contribution < -0.4 is 5.32 Å². The van der Waals surface area contributed by atoms with E-state index in [9.17, 15) is 9.90 Å². The molecule has 16 heavy (non-hydrogen) atoms. The van der Waals surface area contributed by atoms with E-state index in [2.05, 4.69) is 10.3 Å². The Bertz CT molecular complexity index is 347. The van der Waals surface area contributed by atoms with Gasteiger partial charge in [0.15, 0.2) is 0 Å². The van der Waals surface area contributed by atoms with Gasteiger partial charge in [-0.05, 0) is 44.0 Å². The van der Waals surface area contributed by atoms with Gasteiger partial charge in [0.2, 0.25) is 0 Å². The Morgan fingerprint density at radius 1 is 1.56 bits per heavy atom. The number of aliphatic carboxylic acids is 1. The molecule has 0 aromatic carbocycles. The zero-order chi connectivity index (χ0) is 11.4. The van der Waals surface area contributed by atoms with E-state index in [1.165, 1.54) is 0 Å². The lowest BCUT2D eigenvalue weighted by Crippen LogP contribution is -2.36. The Morgan fingerprint density at radius 2 is 2.44 bits per heavy atom. The normalized spacial score (nSPS) is 22.6. The third-order valence-corrected chi connectivity index (χ3v) is 3.08. The van der Waals surface area contributed by atoms with Crippen LogP contribution in [0.1, 0.15) is 24.5 Å². The summed E-state index contributed by atoms with van der Waals surface area (Å²) in [5.74, 6) is -1.09. The smallest absolute Gasteiger partial charge is 0.312 e. The van der Waals surface area contributed by atoms with Crippen LogP contribution >= 0.6 is 0 Å². The highest BCUT2D eigenvalue weighted by Gasteiger charge is 2.31. The van der Waals surface area contributed by atoms with Gasteiger partial charge in [0.25, 0.3) is 0 Å². The number of aromatic nitrogens is 1. The van der Waals surface area contributed by atoms with E-state index in [1.807, 2.05) is 12.1 Å². The van der Waals surface area contributed by atoms with Crippen LogP contribution in [0.2, 0.25) is 0 Å². The van der Waals surface area contributed by atoms with Crippen LogP contribution in [0.15, 0.2) is 24.4 Å². The average molecular weight is 220 g/mol. The molecule has 1 fully saturated rings. The number of hydrogen-bond acceptors (Lipinski definition) is 3. The molecule has 1 aliphatic heterocycles. The molecule has 2 unspecified atom stereocenters. The van der Waals surface area contributed by atoms with Crippen molar-refractivity contribution < 1.29 is 9.90 Å². The minimum absolute atomic E-state index is 0.154. The van der Waals surface area contributed by atoms with E-state index < -0.39 is 11.9 Å². The van der Waals surface area contributed by atoms with Gasteiger partial charge >= 0.3 is 5.97 Å². The topological polar surface area (TPSA) is 62.2 Å². The fourth-order valence-electron chi connectivity index (χ4n) is 2.29. The second-order valence-electron chi connectivity index (χ2n) is 4.18. The van der Waals surface area contributed by atoms with Crippen molar-refractivity contribution in [1.29, 1.82) is 0 Å². The number of nitrogens with zero attached hydrogens (tertiary/aromatic N) is 1. The molecule has 86 valence electrons. The lowest BCUT2D eigenvalue weighted by atomic mass is 9.84. The van der Waals surface area contributed by atoms with Crippen LogP contribution in [0.3, 0.4) is 0 Å². The van der Waals surface area contributed by atoms with Gasteiger partial charge in [-0.2, -0.15) is 0 Å². The molecular weight excluding hydrogens is 204 g/mol. The van der Waals surface area contributed by atoms with E-state index in [0.29, 0.717) is 5.69 Å². The van der Waals surface area contributed by atoms with Gasteiger partial charge in [-0.3, -0.25) is 9.78 Å². The van der Waals surface area contributed by atoms with Crippen LogP contribution in [0.25, 0.3) is 0 Å². The number of piperidine rings is 1. The molecule has 0 saturated carbocycles. The van der Waals surface area contributed by atoms with E-state index in [4.69, 9.17) is 0 Å². The molecule has 0 amide bonds. The maximum absolute atomic E-state index is 11.3. The maximum atomic E-state index is 11.3. The first-order valence-corrected chi connectivity index (χ1v) is 5.63. The fraction of sp³-hybridized carbons (Fsp3) is 0.500. The predicted octanol–water partition coefficient (Wildman–Crippen LogP) is 1.25. The summed E-state index contributed by atoms with van der Waals surface area (Å²) in [6.07, 6.45) is 3.66. The van der Waals surface area contributed by atoms with Gasteiger partial charge in [0.1, 0.15) is 5.92 Å². The van der Waals surface area contributed by atoms with Crippen LogP contribution in [0.4, 0.5) is 0 Å². The molecule has 2 heterocycles. The monoisotopic (exact) mass is 220 g/mol. The number of carboxylic acid groups (broad SMARTS) is 1.